The van der Waals surface area contributed by atoms with E-state index >= 15 is 0 Å². The van der Waals surface area contributed by atoms with Crippen molar-refractivity contribution in [3.8, 4) is 17.7 Å². The van der Waals surface area contributed by atoms with Crippen molar-refractivity contribution in [2.45, 2.75) is 67.9 Å². The number of esters is 2. The molecule has 264 valence electrons. The van der Waals surface area contributed by atoms with Crippen LogP contribution in [0.2, 0.25) is 0 Å². The lowest BCUT2D eigenvalue weighted by atomic mass is 9.61. The molecular weight excluding hydrogens is 670 g/mol. The van der Waals surface area contributed by atoms with E-state index in [1.54, 1.807) is 18.2 Å². The Hall–Kier alpha value is -3.92. The van der Waals surface area contributed by atoms with Crippen molar-refractivity contribution in [3.63, 3.8) is 0 Å². The van der Waals surface area contributed by atoms with Crippen molar-refractivity contribution < 1.29 is 36.8 Å². The molecule has 2 heterocycles. The number of nitrogens with zero attached hydrogens (tertiary/aromatic N) is 3. The Kier molecular flexibility index (Phi) is 13.6. The van der Waals surface area contributed by atoms with E-state index in [1.165, 1.54) is 17.7 Å². The lowest BCUT2D eigenvalue weighted by molar-refractivity contribution is -0.148. The summed E-state index contributed by atoms with van der Waals surface area (Å²) in [4.78, 5) is 26.8. The zero-order valence-corrected chi connectivity index (χ0v) is 29.5. The predicted octanol–water partition coefficient (Wildman–Crippen LogP) is 5.58. The van der Waals surface area contributed by atoms with Gasteiger partial charge in [-0.25, -0.2) is 13.0 Å². The summed E-state index contributed by atoms with van der Waals surface area (Å²) in [6.07, 6.45) is 6.09. The average Bonchev–Trinajstić information content (AvgIpc) is 3.76. The molecule has 1 aromatic carbocycles. The molecule has 4 atom stereocenters. The number of likely N-dealkylation sites (tertiary alicyclic amines) is 1. The minimum absolute atomic E-state index is 0.00174. The van der Waals surface area contributed by atoms with E-state index in [1.807, 2.05) is 6.08 Å². The smallest absolute Gasteiger partial charge is 0.306 e. The molecule has 0 spiro atoms. The first-order valence-corrected chi connectivity index (χ1v) is 18.3. The second-order valence-electron chi connectivity index (χ2n) is 12.7. The molecule has 0 unspecified atom stereocenters. The number of alkyl halides is 1. The molecule has 0 radical (unpaired) electrons. The summed E-state index contributed by atoms with van der Waals surface area (Å²) >= 11 is 6.16. The highest BCUT2D eigenvalue weighted by atomic mass is 35.5. The highest BCUT2D eigenvalue weighted by Gasteiger charge is 2.40. The van der Waals surface area contributed by atoms with Gasteiger partial charge in [-0.15, -0.1) is 18.2 Å². The molecule has 49 heavy (non-hydrogen) atoms. The number of aromatic nitrogens is 2. The number of carbonyl (C=O) groups is 2. The standard InChI is InChI=1S/C36H44ClN3O8S/c1-5-36(4)18-16-28(22-31(36)26(2)23-37)27(3)24-40-19-17-29(25-40)47-33(42)15-11-14-32(41)45-20-9-10-21-46-34-35(39-48-38-34)49(43,44)30-12-7-6-8-13-30/h5-8,12-13,28-29,31H,1-3,11,14-25H2,4H3/t28-,29+,31+,36-/m1/s1. The van der Waals surface area contributed by atoms with Gasteiger partial charge in [0.1, 0.15) is 6.10 Å². The van der Waals surface area contributed by atoms with Crippen LogP contribution in [-0.4, -0.2) is 80.4 Å². The van der Waals surface area contributed by atoms with Gasteiger partial charge in [0.15, 0.2) is 13.2 Å². The van der Waals surface area contributed by atoms with Gasteiger partial charge in [-0.2, -0.15) is 0 Å². The molecule has 11 nitrogen and oxygen atoms in total. The van der Waals surface area contributed by atoms with Crippen LogP contribution in [0.4, 0.5) is 0 Å². The molecule has 0 bridgehead atoms. The number of carbonyl (C=O) groups excluding carboxylic acids is 2. The van der Waals surface area contributed by atoms with Crippen molar-refractivity contribution in [3.05, 3.63) is 67.3 Å². The van der Waals surface area contributed by atoms with E-state index in [0.29, 0.717) is 24.8 Å². The van der Waals surface area contributed by atoms with Gasteiger partial charge >= 0.3 is 11.9 Å². The largest absolute Gasteiger partial charge is 0.461 e. The van der Waals surface area contributed by atoms with E-state index in [4.69, 9.17) is 25.8 Å². The van der Waals surface area contributed by atoms with Crippen molar-refractivity contribution in [2.24, 2.45) is 17.3 Å². The quantitative estimate of drug-likeness (QED) is 0.0934. The first kappa shape index (κ1) is 37.9. The molecule has 2 aromatic rings. The van der Waals surface area contributed by atoms with Crippen molar-refractivity contribution >= 4 is 33.4 Å². The summed E-state index contributed by atoms with van der Waals surface area (Å²) in [6.45, 7) is 16.8. The van der Waals surface area contributed by atoms with Crippen LogP contribution in [0.25, 0.3) is 0 Å². The van der Waals surface area contributed by atoms with Crippen molar-refractivity contribution in [2.75, 3.05) is 38.7 Å². The van der Waals surface area contributed by atoms with Gasteiger partial charge in [0, 0.05) is 38.4 Å². The number of rotatable bonds is 16. The lowest BCUT2D eigenvalue weighted by Crippen LogP contribution is -2.36. The fraction of sp³-hybridized carbons (Fsp3) is 0.500. The third kappa shape index (κ3) is 10.3. The van der Waals surface area contributed by atoms with Gasteiger partial charge in [0.25, 0.3) is 10.9 Å². The predicted molar refractivity (Wildman–Crippen MR) is 183 cm³/mol. The van der Waals surface area contributed by atoms with E-state index in [2.05, 4.69) is 58.3 Å². The topological polar surface area (TPSA) is 138 Å². The summed E-state index contributed by atoms with van der Waals surface area (Å²) in [5.41, 5.74) is 2.24. The summed E-state index contributed by atoms with van der Waals surface area (Å²) in [5.74, 6) is 5.16. The minimum atomic E-state index is -3.98. The zero-order valence-electron chi connectivity index (χ0n) is 27.9. The zero-order chi connectivity index (χ0) is 35.4. The van der Waals surface area contributed by atoms with Crippen molar-refractivity contribution in [1.29, 1.82) is 0 Å². The van der Waals surface area contributed by atoms with Gasteiger partial charge in [-0.05, 0) is 71.8 Å². The number of ether oxygens (including phenoxy) is 3. The van der Waals surface area contributed by atoms with Gasteiger partial charge in [-0.3, -0.25) is 14.5 Å². The minimum Gasteiger partial charge on any atom is -0.461 e. The highest BCUT2D eigenvalue weighted by Crippen LogP contribution is 2.49. The van der Waals surface area contributed by atoms with E-state index in [0.717, 1.165) is 44.3 Å². The fourth-order valence-corrected chi connectivity index (χ4v) is 7.66. The van der Waals surface area contributed by atoms with E-state index in [9.17, 15) is 18.0 Å². The molecule has 1 saturated carbocycles. The van der Waals surface area contributed by atoms with E-state index < -0.39 is 20.8 Å². The molecule has 0 amide bonds. The maximum Gasteiger partial charge on any atom is 0.306 e. The van der Waals surface area contributed by atoms with Crippen LogP contribution in [0.1, 0.15) is 51.9 Å². The SMILES string of the molecule is C=C[C@]1(C)CC[C@@H](C(=C)CN2CC[C@H](OC(=O)CCCC(=O)OCC#CCOc3nonc3S(=O)(=O)c3ccccc3)C2)C[C@H]1C(=C)CCl. The molecule has 1 aromatic heterocycles. The third-order valence-corrected chi connectivity index (χ3v) is 11.2. The van der Waals surface area contributed by atoms with Crippen LogP contribution in [0, 0.1) is 29.1 Å². The first-order chi connectivity index (χ1) is 23.5. The molecule has 1 aliphatic heterocycles. The van der Waals surface area contributed by atoms with Gasteiger partial charge < -0.3 is 14.2 Å². The number of hydrogen-bond donors (Lipinski definition) is 0. The van der Waals surface area contributed by atoms with Gasteiger partial charge in [-0.1, -0.05) is 67.3 Å². The number of allylic oxidation sites excluding steroid dienone is 2. The highest BCUT2D eigenvalue weighted by molar-refractivity contribution is 7.91. The van der Waals surface area contributed by atoms with Gasteiger partial charge in [0.05, 0.1) is 4.90 Å². The Balaban J connectivity index is 1.09. The normalized spacial score (nSPS) is 22.4. The van der Waals surface area contributed by atoms with Crippen LogP contribution >= 0.6 is 11.6 Å². The molecule has 13 heteroatoms. The molecule has 2 aliphatic rings. The molecule has 0 N–H and O–H groups in total. The summed E-state index contributed by atoms with van der Waals surface area (Å²) < 4.78 is 46.0. The second kappa shape index (κ2) is 17.7. The number of benzene rings is 1. The molecular formula is C36H44ClN3O8S. The van der Waals surface area contributed by atoms with Crippen LogP contribution in [0.15, 0.2) is 81.8 Å². The first-order valence-electron chi connectivity index (χ1n) is 16.3. The van der Waals surface area contributed by atoms with Crippen LogP contribution < -0.4 is 4.74 Å². The Bertz CT molecular complexity index is 1670. The lowest BCUT2D eigenvalue weighted by Gasteiger charge is -2.44. The Labute approximate surface area is 293 Å². The Morgan fingerprint density at radius 1 is 1.10 bits per heavy atom. The monoisotopic (exact) mass is 713 g/mol. The molecule has 1 saturated heterocycles. The van der Waals surface area contributed by atoms with Gasteiger partial charge in [0.2, 0.25) is 9.84 Å². The van der Waals surface area contributed by atoms with Crippen LogP contribution in [-0.2, 0) is 28.9 Å². The molecule has 4 rings (SSSR count). The van der Waals surface area contributed by atoms with Crippen molar-refractivity contribution in [1.82, 2.24) is 15.2 Å². The third-order valence-electron chi connectivity index (χ3n) is 9.22. The summed E-state index contributed by atoms with van der Waals surface area (Å²) in [7, 11) is -3.98. The summed E-state index contributed by atoms with van der Waals surface area (Å²) in [5, 5.41) is 6.48. The molecule has 1 aliphatic carbocycles. The Morgan fingerprint density at radius 3 is 2.57 bits per heavy atom. The Morgan fingerprint density at radius 2 is 1.84 bits per heavy atom. The van der Waals surface area contributed by atoms with E-state index in [-0.39, 0.29) is 60.2 Å². The fourth-order valence-electron chi connectivity index (χ4n) is 6.28. The number of halogens is 1. The van der Waals surface area contributed by atoms with Crippen LogP contribution in [0.3, 0.4) is 0 Å². The second-order valence-corrected chi connectivity index (χ2v) is 14.8. The maximum atomic E-state index is 12.7. The number of sulfone groups is 1. The molecule has 2 fully saturated rings. The average molecular weight is 714 g/mol. The number of hydrogen-bond acceptors (Lipinski definition) is 11. The van der Waals surface area contributed by atoms with Crippen LogP contribution in [0.5, 0.6) is 5.88 Å². The summed E-state index contributed by atoms with van der Waals surface area (Å²) in [6, 6.07) is 7.68. The maximum absolute atomic E-state index is 12.7.